The normalized spacial score (nSPS) is 13.2. The van der Waals surface area contributed by atoms with Crippen molar-refractivity contribution in [2.24, 2.45) is 0 Å². The zero-order chi connectivity index (χ0) is 16.2. The fourth-order valence-electron chi connectivity index (χ4n) is 2.34. The lowest BCUT2D eigenvalue weighted by atomic mass is 10.1. The summed E-state index contributed by atoms with van der Waals surface area (Å²) in [5, 5.41) is 5.57. The third kappa shape index (κ3) is 3.90. The SMILES string of the molecule is O=C1CSc2ccc(C(=O)NCCc3cccc(F)c3)cc2N1. The van der Waals surface area contributed by atoms with Crippen molar-refractivity contribution < 1.29 is 14.0 Å². The number of fused-ring (bicyclic) bond motifs is 1. The number of halogens is 1. The molecule has 4 nitrogen and oxygen atoms in total. The Morgan fingerprint density at radius 1 is 1.26 bits per heavy atom. The summed E-state index contributed by atoms with van der Waals surface area (Å²) in [4.78, 5) is 24.5. The fraction of sp³-hybridized carbons (Fsp3) is 0.176. The number of thioether (sulfide) groups is 1. The lowest BCUT2D eigenvalue weighted by Crippen LogP contribution is -2.26. The maximum atomic E-state index is 13.1. The second-order valence-electron chi connectivity index (χ2n) is 5.18. The summed E-state index contributed by atoms with van der Waals surface area (Å²) in [6.45, 7) is 0.417. The molecule has 0 aromatic heterocycles. The highest BCUT2D eigenvalue weighted by Gasteiger charge is 2.17. The maximum absolute atomic E-state index is 13.1. The highest BCUT2D eigenvalue weighted by Crippen LogP contribution is 2.31. The fourth-order valence-corrected chi connectivity index (χ4v) is 3.13. The van der Waals surface area contributed by atoms with Crippen LogP contribution >= 0.6 is 11.8 Å². The van der Waals surface area contributed by atoms with Gasteiger partial charge in [-0.05, 0) is 42.3 Å². The first-order valence-corrected chi connectivity index (χ1v) is 8.20. The van der Waals surface area contributed by atoms with Crippen LogP contribution in [0.4, 0.5) is 10.1 Å². The Labute approximate surface area is 137 Å². The van der Waals surface area contributed by atoms with Crippen LogP contribution < -0.4 is 10.6 Å². The first-order chi connectivity index (χ1) is 11.1. The molecule has 0 spiro atoms. The van der Waals surface area contributed by atoms with Crippen LogP contribution in [0.15, 0.2) is 47.4 Å². The van der Waals surface area contributed by atoms with Crippen molar-refractivity contribution in [1.29, 1.82) is 0 Å². The lowest BCUT2D eigenvalue weighted by Gasteiger charge is -2.17. The molecule has 23 heavy (non-hydrogen) atoms. The quantitative estimate of drug-likeness (QED) is 0.906. The van der Waals surface area contributed by atoms with Gasteiger partial charge in [-0.15, -0.1) is 11.8 Å². The molecule has 6 heteroatoms. The number of hydrogen-bond acceptors (Lipinski definition) is 3. The molecule has 1 heterocycles. The summed E-state index contributed by atoms with van der Waals surface area (Å²) >= 11 is 1.45. The van der Waals surface area contributed by atoms with Gasteiger partial charge in [-0.1, -0.05) is 12.1 Å². The van der Waals surface area contributed by atoms with Gasteiger partial charge in [0.1, 0.15) is 5.82 Å². The minimum absolute atomic E-state index is 0.0637. The average Bonchev–Trinajstić information content (AvgIpc) is 2.54. The summed E-state index contributed by atoms with van der Waals surface area (Å²) < 4.78 is 13.1. The molecule has 118 valence electrons. The zero-order valence-corrected chi connectivity index (χ0v) is 13.1. The Morgan fingerprint density at radius 3 is 2.96 bits per heavy atom. The highest BCUT2D eigenvalue weighted by atomic mass is 32.2. The number of carbonyl (C=O) groups excluding carboxylic acids is 2. The first-order valence-electron chi connectivity index (χ1n) is 7.21. The van der Waals surface area contributed by atoms with Gasteiger partial charge in [-0.25, -0.2) is 4.39 Å². The number of carbonyl (C=O) groups is 2. The van der Waals surface area contributed by atoms with Crippen molar-refractivity contribution in [2.75, 3.05) is 17.6 Å². The van der Waals surface area contributed by atoms with Gasteiger partial charge in [0.25, 0.3) is 5.91 Å². The molecule has 0 saturated heterocycles. The molecule has 3 rings (SSSR count). The minimum atomic E-state index is -0.281. The Hall–Kier alpha value is -2.34. The van der Waals surface area contributed by atoms with Crippen LogP contribution in [0.3, 0.4) is 0 Å². The molecule has 0 radical (unpaired) electrons. The lowest BCUT2D eigenvalue weighted by molar-refractivity contribution is -0.113. The number of anilines is 1. The van der Waals surface area contributed by atoms with Gasteiger partial charge in [0.15, 0.2) is 0 Å². The number of amides is 2. The largest absolute Gasteiger partial charge is 0.352 e. The molecule has 0 atom stereocenters. The minimum Gasteiger partial charge on any atom is -0.352 e. The Bertz CT molecular complexity index is 764. The molecule has 1 aliphatic heterocycles. The summed E-state index contributed by atoms with van der Waals surface area (Å²) in [6, 6.07) is 11.6. The van der Waals surface area contributed by atoms with Crippen LogP contribution in [0.25, 0.3) is 0 Å². The average molecular weight is 330 g/mol. The molecule has 2 N–H and O–H groups in total. The van der Waals surface area contributed by atoms with Crippen molar-refractivity contribution in [1.82, 2.24) is 5.32 Å². The monoisotopic (exact) mass is 330 g/mol. The van der Waals surface area contributed by atoms with Gasteiger partial charge in [0, 0.05) is 17.0 Å². The van der Waals surface area contributed by atoms with E-state index < -0.39 is 0 Å². The zero-order valence-electron chi connectivity index (χ0n) is 12.3. The van der Waals surface area contributed by atoms with Crippen LogP contribution in [0.5, 0.6) is 0 Å². The van der Waals surface area contributed by atoms with Crippen molar-refractivity contribution in [3.63, 3.8) is 0 Å². The number of nitrogens with one attached hydrogen (secondary N) is 2. The maximum Gasteiger partial charge on any atom is 0.251 e. The summed E-state index contributed by atoms with van der Waals surface area (Å²) in [5.41, 5.74) is 1.99. The van der Waals surface area contributed by atoms with Crippen molar-refractivity contribution in [2.45, 2.75) is 11.3 Å². The van der Waals surface area contributed by atoms with Crippen LogP contribution in [0, 0.1) is 5.82 Å². The third-order valence-electron chi connectivity index (χ3n) is 3.46. The van der Waals surface area contributed by atoms with Crippen molar-refractivity contribution >= 4 is 29.3 Å². The molecule has 2 aromatic carbocycles. The molecule has 0 saturated carbocycles. The van der Waals surface area contributed by atoms with Crippen molar-refractivity contribution in [3.05, 3.63) is 59.4 Å². The van der Waals surface area contributed by atoms with Gasteiger partial charge in [0.05, 0.1) is 11.4 Å². The molecule has 0 aliphatic carbocycles. The smallest absolute Gasteiger partial charge is 0.251 e. The van der Waals surface area contributed by atoms with Crippen LogP contribution in [0.1, 0.15) is 15.9 Å². The van der Waals surface area contributed by atoms with Gasteiger partial charge in [-0.2, -0.15) is 0 Å². The van der Waals surface area contributed by atoms with Gasteiger partial charge in [-0.3, -0.25) is 9.59 Å². The van der Waals surface area contributed by atoms with E-state index in [0.29, 0.717) is 30.0 Å². The molecule has 1 aliphatic rings. The van der Waals surface area contributed by atoms with Gasteiger partial charge >= 0.3 is 0 Å². The molecule has 0 bridgehead atoms. The standard InChI is InChI=1S/C17H15FN2O2S/c18-13-3-1-2-11(8-13)6-7-19-17(22)12-4-5-15-14(9-12)20-16(21)10-23-15/h1-5,8-9H,6-7,10H2,(H,19,22)(H,20,21). The number of rotatable bonds is 4. The highest BCUT2D eigenvalue weighted by molar-refractivity contribution is 8.00. The van der Waals surface area contributed by atoms with E-state index in [1.54, 1.807) is 18.2 Å². The van der Waals surface area contributed by atoms with Crippen LogP contribution in [-0.2, 0) is 11.2 Å². The molecular formula is C17H15FN2O2S. The van der Waals surface area contributed by atoms with E-state index in [4.69, 9.17) is 0 Å². The third-order valence-corrected chi connectivity index (χ3v) is 4.54. The van der Waals surface area contributed by atoms with E-state index in [2.05, 4.69) is 10.6 Å². The summed E-state index contributed by atoms with van der Waals surface area (Å²) in [7, 11) is 0. The van der Waals surface area contributed by atoms with Crippen LogP contribution in [0.2, 0.25) is 0 Å². The molecule has 0 fully saturated rings. The number of benzene rings is 2. The van der Waals surface area contributed by atoms with E-state index in [0.717, 1.165) is 10.5 Å². The van der Waals surface area contributed by atoms with Gasteiger partial charge < -0.3 is 10.6 Å². The summed E-state index contributed by atoms with van der Waals surface area (Å²) in [6.07, 6.45) is 0.557. The van der Waals surface area contributed by atoms with Gasteiger partial charge in [0.2, 0.25) is 5.91 Å². The topological polar surface area (TPSA) is 58.2 Å². The first kappa shape index (κ1) is 15.6. The molecule has 2 aromatic rings. The Morgan fingerprint density at radius 2 is 2.13 bits per heavy atom. The number of hydrogen-bond donors (Lipinski definition) is 2. The second-order valence-corrected chi connectivity index (χ2v) is 6.20. The van der Waals surface area contributed by atoms with Crippen LogP contribution in [-0.4, -0.2) is 24.1 Å². The van der Waals surface area contributed by atoms with E-state index in [9.17, 15) is 14.0 Å². The van der Waals surface area contributed by atoms with Crippen molar-refractivity contribution in [3.8, 4) is 0 Å². The summed E-state index contributed by atoms with van der Waals surface area (Å²) in [5.74, 6) is -0.163. The predicted octanol–water partition coefficient (Wildman–Crippen LogP) is 2.84. The molecule has 2 amide bonds. The van der Waals surface area contributed by atoms with E-state index >= 15 is 0 Å². The van der Waals surface area contributed by atoms with E-state index in [1.165, 1.54) is 23.9 Å². The molecular weight excluding hydrogens is 315 g/mol. The predicted molar refractivity (Wildman–Crippen MR) is 88.2 cm³/mol. The van der Waals surface area contributed by atoms with E-state index in [1.807, 2.05) is 12.1 Å². The molecule has 0 unspecified atom stereocenters. The Balaban J connectivity index is 1.60. The Kier molecular flexibility index (Phi) is 4.62. The second kappa shape index (κ2) is 6.83. The van der Waals surface area contributed by atoms with E-state index in [-0.39, 0.29) is 17.6 Å².